The van der Waals surface area contributed by atoms with Crippen LogP contribution in [0.15, 0.2) is 59.0 Å². The van der Waals surface area contributed by atoms with E-state index in [0.29, 0.717) is 29.3 Å². The van der Waals surface area contributed by atoms with Gasteiger partial charge in [-0.15, -0.1) is 0 Å². The highest BCUT2D eigenvalue weighted by atomic mass is 16.6. The summed E-state index contributed by atoms with van der Waals surface area (Å²) < 4.78 is 10.5. The number of carbonyl (C=O) groups is 1. The van der Waals surface area contributed by atoms with Crippen LogP contribution in [-0.4, -0.2) is 23.0 Å². The minimum absolute atomic E-state index is 0.000408. The van der Waals surface area contributed by atoms with Gasteiger partial charge in [0.2, 0.25) is 0 Å². The fourth-order valence-electron chi connectivity index (χ4n) is 2.50. The molecule has 0 amide bonds. The lowest BCUT2D eigenvalue weighted by Gasteiger charge is -2.01. The molecule has 3 aromatic rings. The molecule has 0 N–H and O–H groups in total. The largest absolute Gasteiger partial charge is 0.469 e. The number of rotatable bonds is 6. The highest BCUT2D eigenvalue weighted by molar-refractivity contribution is 5.77. The summed E-state index contributed by atoms with van der Waals surface area (Å²) in [5.74, 6) is 0.565. The first-order chi connectivity index (χ1) is 12.6. The molecule has 0 radical (unpaired) electrons. The fourth-order valence-corrected chi connectivity index (χ4v) is 2.50. The number of ether oxygens (including phenoxy) is 1. The summed E-state index contributed by atoms with van der Waals surface area (Å²) in [5.41, 5.74) is 2.15. The van der Waals surface area contributed by atoms with Gasteiger partial charge in [0.1, 0.15) is 5.69 Å². The molecule has 0 aliphatic rings. The number of non-ortho nitro benzene ring substituents is 1. The number of carbonyl (C=O) groups excluding carboxylic acids is 1. The van der Waals surface area contributed by atoms with Crippen molar-refractivity contribution in [1.29, 1.82) is 0 Å². The smallest absolute Gasteiger partial charge is 0.306 e. The van der Waals surface area contributed by atoms with Crippen molar-refractivity contribution in [3.63, 3.8) is 0 Å². The molecule has 3 rings (SSSR count). The molecule has 1 heterocycles. The van der Waals surface area contributed by atoms with E-state index in [2.05, 4.69) is 9.72 Å². The van der Waals surface area contributed by atoms with Gasteiger partial charge in [0, 0.05) is 29.7 Å². The Morgan fingerprint density at radius 3 is 2.42 bits per heavy atom. The SMILES string of the molecule is COC(=O)CCc1nc(-c2ccccc2)c(-c2ccc([N+](=O)[O-])cc2)o1. The van der Waals surface area contributed by atoms with Crippen molar-refractivity contribution in [2.24, 2.45) is 0 Å². The fraction of sp³-hybridized carbons (Fsp3) is 0.158. The van der Waals surface area contributed by atoms with Crippen LogP contribution < -0.4 is 0 Å². The van der Waals surface area contributed by atoms with Crippen LogP contribution in [0.1, 0.15) is 12.3 Å². The van der Waals surface area contributed by atoms with Gasteiger partial charge in [0.05, 0.1) is 18.5 Å². The van der Waals surface area contributed by atoms with E-state index in [0.717, 1.165) is 5.56 Å². The molecule has 132 valence electrons. The number of nitro groups is 1. The number of nitrogens with zero attached hydrogens (tertiary/aromatic N) is 2. The van der Waals surface area contributed by atoms with E-state index < -0.39 is 4.92 Å². The van der Waals surface area contributed by atoms with Gasteiger partial charge in [-0.25, -0.2) is 4.98 Å². The van der Waals surface area contributed by atoms with E-state index in [1.165, 1.54) is 19.2 Å². The normalized spacial score (nSPS) is 10.5. The molecule has 2 aromatic carbocycles. The van der Waals surface area contributed by atoms with Crippen LogP contribution in [0.3, 0.4) is 0 Å². The average Bonchev–Trinajstić information content (AvgIpc) is 3.11. The zero-order chi connectivity index (χ0) is 18.5. The van der Waals surface area contributed by atoms with Crippen LogP contribution in [0.5, 0.6) is 0 Å². The molecule has 0 aliphatic heterocycles. The lowest BCUT2D eigenvalue weighted by atomic mass is 10.1. The van der Waals surface area contributed by atoms with Crippen LogP contribution in [0.4, 0.5) is 5.69 Å². The Kier molecular flexibility index (Phi) is 5.07. The number of benzene rings is 2. The number of hydrogen-bond acceptors (Lipinski definition) is 6. The molecule has 0 fully saturated rings. The van der Waals surface area contributed by atoms with Crippen molar-refractivity contribution in [3.05, 3.63) is 70.6 Å². The van der Waals surface area contributed by atoms with E-state index in [4.69, 9.17) is 4.42 Å². The number of oxazole rings is 1. The highest BCUT2D eigenvalue weighted by Gasteiger charge is 2.18. The minimum Gasteiger partial charge on any atom is -0.469 e. The van der Waals surface area contributed by atoms with Gasteiger partial charge in [-0.2, -0.15) is 0 Å². The lowest BCUT2D eigenvalue weighted by molar-refractivity contribution is -0.384. The average molecular weight is 352 g/mol. The van der Waals surface area contributed by atoms with Crippen molar-refractivity contribution in [2.75, 3.05) is 7.11 Å². The predicted octanol–water partition coefficient (Wildman–Crippen LogP) is 4.02. The molecule has 0 saturated heterocycles. The summed E-state index contributed by atoms with van der Waals surface area (Å²) in [5, 5.41) is 10.8. The quantitative estimate of drug-likeness (QED) is 0.378. The second kappa shape index (κ2) is 7.60. The molecule has 0 spiro atoms. The third-order valence-electron chi connectivity index (χ3n) is 3.83. The monoisotopic (exact) mass is 352 g/mol. The van der Waals surface area contributed by atoms with Crippen molar-refractivity contribution >= 4 is 11.7 Å². The molecule has 0 unspecified atom stereocenters. The maximum Gasteiger partial charge on any atom is 0.306 e. The van der Waals surface area contributed by atoms with E-state index in [-0.39, 0.29) is 18.1 Å². The van der Waals surface area contributed by atoms with Gasteiger partial charge < -0.3 is 9.15 Å². The predicted molar refractivity (Wildman–Crippen MR) is 94.4 cm³/mol. The van der Waals surface area contributed by atoms with Crippen molar-refractivity contribution in [1.82, 2.24) is 4.98 Å². The maximum atomic E-state index is 11.4. The highest BCUT2D eigenvalue weighted by Crippen LogP contribution is 2.33. The van der Waals surface area contributed by atoms with Crippen LogP contribution >= 0.6 is 0 Å². The number of aromatic nitrogens is 1. The molecular weight excluding hydrogens is 336 g/mol. The van der Waals surface area contributed by atoms with Crippen LogP contribution in [0, 0.1) is 10.1 Å². The Labute approximate surface area is 149 Å². The van der Waals surface area contributed by atoms with Gasteiger partial charge in [0.15, 0.2) is 11.7 Å². The first-order valence-corrected chi connectivity index (χ1v) is 7.95. The molecular formula is C19H16N2O5. The first kappa shape index (κ1) is 17.3. The van der Waals surface area contributed by atoms with Gasteiger partial charge in [-0.1, -0.05) is 30.3 Å². The lowest BCUT2D eigenvalue weighted by Crippen LogP contribution is -2.01. The molecule has 0 saturated carbocycles. The number of aryl methyl sites for hydroxylation is 1. The topological polar surface area (TPSA) is 95.5 Å². The standard InChI is InChI=1S/C19H16N2O5/c1-25-17(22)12-11-16-20-18(13-5-3-2-4-6-13)19(26-16)14-7-9-15(10-8-14)21(23)24/h2-10H,11-12H2,1H3. The summed E-state index contributed by atoms with van der Waals surface area (Å²) in [4.78, 5) is 26.3. The molecule has 1 aromatic heterocycles. The maximum absolute atomic E-state index is 11.4. The zero-order valence-electron chi connectivity index (χ0n) is 14.0. The van der Waals surface area contributed by atoms with Gasteiger partial charge in [-0.05, 0) is 12.1 Å². The molecule has 0 bridgehead atoms. The summed E-state index contributed by atoms with van der Waals surface area (Å²) >= 11 is 0. The van der Waals surface area contributed by atoms with E-state index >= 15 is 0 Å². The number of esters is 1. The summed E-state index contributed by atoms with van der Waals surface area (Å²) in [7, 11) is 1.33. The zero-order valence-corrected chi connectivity index (χ0v) is 14.0. The van der Waals surface area contributed by atoms with E-state index in [1.807, 2.05) is 30.3 Å². The molecule has 0 aliphatic carbocycles. The first-order valence-electron chi connectivity index (χ1n) is 7.95. The second-order valence-electron chi connectivity index (χ2n) is 5.53. The number of nitro benzene ring substituents is 1. The van der Waals surface area contributed by atoms with Crippen LogP contribution in [-0.2, 0) is 16.0 Å². The van der Waals surface area contributed by atoms with Gasteiger partial charge >= 0.3 is 5.97 Å². The molecule has 26 heavy (non-hydrogen) atoms. The van der Waals surface area contributed by atoms with Crippen LogP contribution in [0.25, 0.3) is 22.6 Å². The Morgan fingerprint density at radius 1 is 1.12 bits per heavy atom. The van der Waals surface area contributed by atoms with Gasteiger partial charge in [-0.3, -0.25) is 14.9 Å². The van der Waals surface area contributed by atoms with Gasteiger partial charge in [0.25, 0.3) is 5.69 Å². The molecule has 7 heteroatoms. The van der Waals surface area contributed by atoms with Crippen LogP contribution in [0.2, 0.25) is 0 Å². The number of methoxy groups -OCH3 is 1. The Morgan fingerprint density at radius 2 is 1.81 bits per heavy atom. The Bertz CT molecular complexity index is 917. The van der Waals surface area contributed by atoms with E-state index in [9.17, 15) is 14.9 Å². The summed E-state index contributed by atoms with van der Waals surface area (Å²) in [6, 6.07) is 15.5. The summed E-state index contributed by atoms with van der Waals surface area (Å²) in [6.07, 6.45) is 0.463. The Hall–Kier alpha value is -3.48. The van der Waals surface area contributed by atoms with Crippen molar-refractivity contribution in [2.45, 2.75) is 12.8 Å². The second-order valence-corrected chi connectivity index (χ2v) is 5.53. The third kappa shape index (κ3) is 3.77. The Balaban J connectivity index is 2.00. The molecule has 0 atom stereocenters. The van der Waals surface area contributed by atoms with E-state index in [1.54, 1.807) is 12.1 Å². The molecule has 7 nitrogen and oxygen atoms in total. The van der Waals surface area contributed by atoms with Crippen molar-refractivity contribution < 1.29 is 18.9 Å². The van der Waals surface area contributed by atoms with Crippen molar-refractivity contribution in [3.8, 4) is 22.6 Å². The summed E-state index contributed by atoms with van der Waals surface area (Å²) in [6.45, 7) is 0. The minimum atomic E-state index is -0.454. The third-order valence-corrected chi connectivity index (χ3v) is 3.83. The number of hydrogen-bond donors (Lipinski definition) is 0.